The van der Waals surface area contributed by atoms with Crippen LogP contribution in [0.2, 0.25) is 0 Å². The third kappa shape index (κ3) is 1.84. The summed E-state index contributed by atoms with van der Waals surface area (Å²) in [5.41, 5.74) is 2.84. The van der Waals surface area contributed by atoms with Gasteiger partial charge in [-0.15, -0.1) is 0 Å². The van der Waals surface area contributed by atoms with Gasteiger partial charge in [-0.25, -0.2) is 0 Å². The van der Waals surface area contributed by atoms with Crippen LogP contribution in [0.15, 0.2) is 17.8 Å². The van der Waals surface area contributed by atoms with Crippen LogP contribution in [0.1, 0.15) is 6.42 Å². The van der Waals surface area contributed by atoms with Crippen LogP contribution in [0.5, 0.6) is 0 Å². The summed E-state index contributed by atoms with van der Waals surface area (Å²) < 4.78 is 0. The van der Waals surface area contributed by atoms with Crippen LogP contribution in [0, 0.1) is 0 Å². The first-order chi connectivity index (χ1) is 5.77. The zero-order chi connectivity index (χ0) is 8.97. The van der Waals surface area contributed by atoms with Crippen molar-refractivity contribution in [1.29, 1.82) is 0 Å². The molecule has 1 saturated heterocycles. The molecule has 0 aromatic rings. The Morgan fingerprint density at radius 3 is 3.08 bits per heavy atom. The molecule has 4 heteroatoms. The molecule has 0 radical (unpaired) electrons. The predicted molar refractivity (Wildman–Crippen MR) is 47.9 cm³/mol. The largest absolute Gasteiger partial charge is 0.337 e. The van der Waals surface area contributed by atoms with Gasteiger partial charge in [0.2, 0.25) is 5.91 Å². The summed E-state index contributed by atoms with van der Waals surface area (Å²) in [6.45, 7) is 8.23. The van der Waals surface area contributed by atoms with E-state index in [1.54, 1.807) is 4.90 Å². The lowest BCUT2D eigenvalue weighted by Crippen LogP contribution is -2.31. The first kappa shape index (κ1) is 8.77. The smallest absolute Gasteiger partial charge is 0.246 e. The highest BCUT2D eigenvalue weighted by molar-refractivity contribution is 5.87. The first-order valence-corrected chi connectivity index (χ1v) is 3.90. The zero-order valence-electron chi connectivity index (χ0n) is 6.99. The van der Waals surface area contributed by atoms with Crippen molar-refractivity contribution in [2.45, 2.75) is 12.5 Å². The molecule has 1 atom stereocenters. The van der Waals surface area contributed by atoms with Crippen LogP contribution in [0.4, 0.5) is 0 Å². The highest BCUT2D eigenvalue weighted by Gasteiger charge is 2.23. The van der Waals surface area contributed by atoms with E-state index in [0.717, 1.165) is 13.0 Å². The SMILES string of the molecule is C=CC(=O)N1CC[C@@H](NN=C)C1. The lowest BCUT2D eigenvalue weighted by Gasteiger charge is -2.13. The predicted octanol–water partition coefficient (Wildman–Crippen LogP) is -0.0215. The second kappa shape index (κ2) is 3.90. The number of rotatable bonds is 3. The normalized spacial score (nSPS) is 22.0. The van der Waals surface area contributed by atoms with Gasteiger partial charge in [-0.1, -0.05) is 6.58 Å². The molecule has 1 aliphatic heterocycles. The minimum Gasteiger partial charge on any atom is -0.337 e. The summed E-state index contributed by atoms with van der Waals surface area (Å²) in [7, 11) is 0. The number of carbonyl (C=O) groups is 1. The van der Waals surface area contributed by atoms with Gasteiger partial charge in [-0.3, -0.25) is 4.79 Å². The van der Waals surface area contributed by atoms with E-state index >= 15 is 0 Å². The summed E-state index contributed by atoms with van der Waals surface area (Å²) in [5.74, 6) is -0.0108. The average Bonchev–Trinajstić information content (AvgIpc) is 2.52. The van der Waals surface area contributed by atoms with Crippen LogP contribution >= 0.6 is 0 Å². The number of hydrogen-bond acceptors (Lipinski definition) is 3. The number of carbonyl (C=O) groups excluding carboxylic acids is 1. The molecule has 0 aromatic carbocycles. The molecular weight excluding hydrogens is 154 g/mol. The van der Waals surface area contributed by atoms with Crippen LogP contribution in [0.25, 0.3) is 0 Å². The summed E-state index contributed by atoms with van der Waals surface area (Å²) in [5, 5.41) is 3.57. The zero-order valence-corrected chi connectivity index (χ0v) is 6.99. The molecule has 0 aromatic heterocycles. The monoisotopic (exact) mass is 167 g/mol. The number of likely N-dealkylation sites (tertiary alicyclic amines) is 1. The number of nitrogens with zero attached hydrogens (tertiary/aromatic N) is 2. The summed E-state index contributed by atoms with van der Waals surface area (Å²) in [6.07, 6.45) is 2.27. The van der Waals surface area contributed by atoms with Crippen molar-refractivity contribution in [2.75, 3.05) is 13.1 Å². The van der Waals surface area contributed by atoms with Gasteiger partial charge in [0.05, 0.1) is 6.04 Å². The third-order valence-corrected chi connectivity index (χ3v) is 1.95. The highest BCUT2D eigenvalue weighted by Crippen LogP contribution is 2.08. The van der Waals surface area contributed by atoms with Gasteiger partial charge < -0.3 is 10.3 Å². The van der Waals surface area contributed by atoms with Crippen molar-refractivity contribution in [3.8, 4) is 0 Å². The van der Waals surface area contributed by atoms with Crippen molar-refractivity contribution in [3.05, 3.63) is 12.7 Å². The van der Waals surface area contributed by atoms with Crippen molar-refractivity contribution >= 4 is 12.6 Å². The van der Waals surface area contributed by atoms with E-state index in [0.29, 0.717) is 6.54 Å². The van der Waals surface area contributed by atoms with Gasteiger partial charge in [0.15, 0.2) is 0 Å². The Morgan fingerprint density at radius 2 is 2.50 bits per heavy atom. The standard InChI is InChI=1S/C8H13N3O/c1-3-8(12)11-5-4-7(6-11)10-9-2/h3,7,10H,1-2,4-6H2/t7-/m1/s1. The van der Waals surface area contributed by atoms with Crippen LogP contribution in [0.3, 0.4) is 0 Å². The van der Waals surface area contributed by atoms with E-state index in [1.165, 1.54) is 6.08 Å². The molecular formula is C8H13N3O. The quantitative estimate of drug-likeness (QED) is 0.365. The maximum atomic E-state index is 11.1. The topological polar surface area (TPSA) is 44.7 Å². The Labute approximate surface area is 71.9 Å². The fraction of sp³-hybridized carbons (Fsp3) is 0.500. The van der Waals surface area contributed by atoms with E-state index in [-0.39, 0.29) is 11.9 Å². The maximum Gasteiger partial charge on any atom is 0.246 e. The number of hydrogen-bond donors (Lipinski definition) is 1. The van der Waals surface area contributed by atoms with Gasteiger partial charge in [-0.2, -0.15) is 5.10 Å². The summed E-state index contributed by atoms with van der Waals surface area (Å²) in [4.78, 5) is 12.8. The van der Waals surface area contributed by atoms with Gasteiger partial charge in [0.1, 0.15) is 0 Å². The Kier molecular flexibility index (Phi) is 2.85. The second-order valence-corrected chi connectivity index (χ2v) is 2.76. The minimum absolute atomic E-state index is 0.0108. The number of hydrazone groups is 1. The molecule has 12 heavy (non-hydrogen) atoms. The molecule has 1 heterocycles. The van der Waals surface area contributed by atoms with Crippen molar-refractivity contribution in [2.24, 2.45) is 5.10 Å². The molecule has 66 valence electrons. The first-order valence-electron chi connectivity index (χ1n) is 3.90. The van der Waals surface area contributed by atoms with Crippen LogP contribution < -0.4 is 5.43 Å². The molecule has 1 N–H and O–H groups in total. The molecule has 4 nitrogen and oxygen atoms in total. The lowest BCUT2D eigenvalue weighted by atomic mass is 10.3. The van der Waals surface area contributed by atoms with E-state index in [1.807, 2.05) is 0 Å². The molecule has 1 aliphatic rings. The Morgan fingerprint density at radius 1 is 1.75 bits per heavy atom. The van der Waals surface area contributed by atoms with Crippen molar-refractivity contribution < 1.29 is 4.79 Å². The van der Waals surface area contributed by atoms with E-state index in [2.05, 4.69) is 23.8 Å². The second-order valence-electron chi connectivity index (χ2n) is 2.76. The maximum absolute atomic E-state index is 11.1. The third-order valence-electron chi connectivity index (χ3n) is 1.95. The minimum atomic E-state index is -0.0108. The van der Waals surface area contributed by atoms with Crippen LogP contribution in [-0.2, 0) is 4.79 Å². The Bertz CT molecular complexity index is 202. The molecule has 1 amide bonds. The molecule has 1 fully saturated rings. The van der Waals surface area contributed by atoms with Gasteiger partial charge in [0, 0.05) is 19.8 Å². The Balaban J connectivity index is 2.39. The molecule has 0 saturated carbocycles. The molecule has 0 unspecified atom stereocenters. The van der Waals surface area contributed by atoms with Crippen molar-refractivity contribution in [3.63, 3.8) is 0 Å². The Hall–Kier alpha value is -1.32. The number of nitrogens with one attached hydrogen (secondary N) is 1. The summed E-state index contributed by atoms with van der Waals surface area (Å²) >= 11 is 0. The molecule has 1 rings (SSSR count). The molecule has 0 spiro atoms. The van der Waals surface area contributed by atoms with Gasteiger partial charge in [0.25, 0.3) is 0 Å². The van der Waals surface area contributed by atoms with E-state index in [4.69, 9.17) is 0 Å². The van der Waals surface area contributed by atoms with E-state index in [9.17, 15) is 4.79 Å². The lowest BCUT2D eigenvalue weighted by molar-refractivity contribution is -0.125. The van der Waals surface area contributed by atoms with Crippen LogP contribution in [-0.4, -0.2) is 36.7 Å². The van der Waals surface area contributed by atoms with Gasteiger partial charge in [-0.05, 0) is 12.5 Å². The fourth-order valence-electron chi connectivity index (χ4n) is 1.32. The van der Waals surface area contributed by atoms with Crippen molar-refractivity contribution in [1.82, 2.24) is 10.3 Å². The highest BCUT2D eigenvalue weighted by atomic mass is 16.2. The van der Waals surface area contributed by atoms with Gasteiger partial charge >= 0.3 is 0 Å². The fourth-order valence-corrected chi connectivity index (χ4v) is 1.32. The van der Waals surface area contributed by atoms with E-state index < -0.39 is 0 Å². The molecule has 0 bridgehead atoms. The average molecular weight is 167 g/mol. The molecule has 0 aliphatic carbocycles. The number of amides is 1. The summed E-state index contributed by atoms with van der Waals surface area (Å²) in [6, 6.07) is 0.256.